The summed E-state index contributed by atoms with van der Waals surface area (Å²) in [6, 6.07) is 5.73. The van der Waals surface area contributed by atoms with E-state index in [2.05, 4.69) is 10.2 Å². The van der Waals surface area contributed by atoms with Crippen molar-refractivity contribution < 1.29 is 14.8 Å². The number of hydrogen-bond acceptors (Lipinski definition) is 6. The van der Waals surface area contributed by atoms with Crippen LogP contribution in [0.25, 0.3) is 0 Å². The lowest BCUT2D eigenvalue weighted by Crippen LogP contribution is -1.96. The number of aliphatic hydroxyl groups excluding tert-OH is 1. The van der Waals surface area contributed by atoms with E-state index in [-0.39, 0.29) is 22.8 Å². The standard InChI is InChI=1S/C11H11N3O4/c1-7(15)11(8(2)16)13-12-9-5-3-4-6-10(9)14(17)18/h3-6,15H,1-2H3. The van der Waals surface area contributed by atoms with Crippen molar-refractivity contribution in [1.29, 1.82) is 0 Å². The Morgan fingerprint density at radius 3 is 2.44 bits per heavy atom. The number of hydrogen-bond donors (Lipinski definition) is 1. The molecule has 18 heavy (non-hydrogen) atoms. The lowest BCUT2D eigenvalue weighted by molar-refractivity contribution is -0.384. The third kappa shape index (κ3) is 3.21. The number of ketones is 1. The van der Waals surface area contributed by atoms with Gasteiger partial charge in [0.25, 0.3) is 5.69 Å². The van der Waals surface area contributed by atoms with Gasteiger partial charge in [0.2, 0.25) is 0 Å². The highest BCUT2D eigenvalue weighted by atomic mass is 16.6. The van der Waals surface area contributed by atoms with Crippen molar-refractivity contribution in [2.45, 2.75) is 13.8 Å². The molecule has 7 heteroatoms. The Hall–Kier alpha value is -2.57. The van der Waals surface area contributed by atoms with E-state index in [1.54, 1.807) is 6.07 Å². The van der Waals surface area contributed by atoms with Crippen LogP contribution < -0.4 is 0 Å². The van der Waals surface area contributed by atoms with E-state index in [0.29, 0.717) is 0 Å². The molecule has 1 aromatic rings. The highest BCUT2D eigenvalue weighted by molar-refractivity contribution is 5.93. The Bertz CT molecular complexity index is 545. The summed E-state index contributed by atoms with van der Waals surface area (Å²) in [4.78, 5) is 21.2. The molecule has 0 spiro atoms. The largest absolute Gasteiger partial charge is 0.510 e. The molecule has 0 amide bonds. The fourth-order valence-electron chi connectivity index (χ4n) is 1.20. The summed E-state index contributed by atoms with van der Waals surface area (Å²) in [6.45, 7) is 2.50. The Morgan fingerprint density at radius 1 is 1.33 bits per heavy atom. The number of nitro benzene ring substituents is 1. The van der Waals surface area contributed by atoms with Crippen molar-refractivity contribution in [2.24, 2.45) is 10.2 Å². The van der Waals surface area contributed by atoms with Crippen LogP contribution in [0.3, 0.4) is 0 Å². The van der Waals surface area contributed by atoms with Crippen LogP contribution in [0.1, 0.15) is 13.8 Å². The first-order valence-electron chi connectivity index (χ1n) is 4.99. The highest BCUT2D eigenvalue weighted by Crippen LogP contribution is 2.27. The predicted molar refractivity (Wildman–Crippen MR) is 63.6 cm³/mol. The molecule has 0 saturated carbocycles. The number of benzene rings is 1. The van der Waals surface area contributed by atoms with Crippen LogP contribution in [0.5, 0.6) is 0 Å². The summed E-state index contributed by atoms with van der Waals surface area (Å²) < 4.78 is 0. The van der Waals surface area contributed by atoms with Gasteiger partial charge in [-0.1, -0.05) is 12.1 Å². The lowest BCUT2D eigenvalue weighted by Gasteiger charge is -1.97. The third-order valence-corrected chi connectivity index (χ3v) is 2.01. The maximum atomic E-state index is 11.1. The van der Waals surface area contributed by atoms with Crippen LogP contribution in [0, 0.1) is 10.1 Å². The molecule has 0 unspecified atom stereocenters. The molecular formula is C11H11N3O4. The Kier molecular flexibility index (Phi) is 4.25. The van der Waals surface area contributed by atoms with E-state index in [1.807, 2.05) is 0 Å². The van der Waals surface area contributed by atoms with Crippen LogP contribution >= 0.6 is 0 Å². The van der Waals surface area contributed by atoms with Crippen LogP contribution in [-0.2, 0) is 4.79 Å². The summed E-state index contributed by atoms with van der Waals surface area (Å²) in [5, 5.41) is 27.1. The van der Waals surface area contributed by atoms with E-state index in [1.165, 1.54) is 32.0 Å². The van der Waals surface area contributed by atoms with Gasteiger partial charge in [-0.2, -0.15) is 0 Å². The molecule has 0 bridgehead atoms. The van der Waals surface area contributed by atoms with Crippen LogP contribution in [-0.4, -0.2) is 15.8 Å². The third-order valence-electron chi connectivity index (χ3n) is 2.01. The molecule has 0 radical (unpaired) electrons. The summed E-state index contributed by atoms with van der Waals surface area (Å²) in [7, 11) is 0. The Balaban J connectivity index is 3.16. The molecule has 0 atom stereocenters. The minimum Gasteiger partial charge on any atom is -0.510 e. The smallest absolute Gasteiger partial charge is 0.296 e. The number of rotatable bonds is 4. The van der Waals surface area contributed by atoms with Gasteiger partial charge in [-0.3, -0.25) is 14.9 Å². The van der Waals surface area contributed by atoms with Crippen LogP contribution in [0.15, 0.2) is 46.0 Å². The normalized spacial score (nSPS) is 12.3. The SMILES string of the molecule is CC(=O)C(N=Nc1ccccc1[N+](=O)[O-])=C(C)O. The van der Waals surface area contributed by atoms with Gasteiger partial charge in [0.05, 0.1) is 4.92 Å². The number of aliphatic hydroxyl groups is 1. The minimum atomic E-state index is -0.600. The van der Waals surface area contributed by atoms with Gasteiger partial charge < -0.3 is 5.11 Å². The first-order chi connectivity index (χ1) is 8.43. The van der Waals surface area contributed by atoms with Gasteiger partial charge in [0.15, 0.2) is 17.2 Å². The molecule has 1 aromatic carbocycles. The monoisotopic (exact) mass is 249 g/mol. The maximum absolute atomic E-state index is 11.1. The second kappa shape index (κ2) is 5.67. The number of para-hydroxylation sites is 1. The average Bonchev–Trinajstić information content (AvgIpc) is 2.28. The molecule has 0 aliphatic carbocycles. The van der Waals surface area contributed by atoms with Crippen molar-refractivity contribution in [3.63, 3.8) is 0 Å². The second-order valence-corrected chi connectivity index (χ2v) is 3.44. The molecule has 0 aromatic heterocycles. The second-order valence-electron chi connectivity index (χ2n) is 3.44. The summed E-state index contributed by atoms with van der Waals surface area (Å²) >= 11 is 0. The lowest BCUT2D eigenvalue weighted by atomic mass is 10.3. The molecule has 94 valence electrons. The first-order valence-corrected chi connectivity index (χ1v) is 4.99. The molecular weight excluding hydrogens is 238 g/mol. The van der Waals surface area contributed by atoms with Gasteiger partial charge in [0.1, 0.15) is 5.76 Å². The number of carbonyl (C=O) groups is 1. The van der Waals surface area contributed by atoms with Crippen LogP contribution in [0.2, 0.25) is 0 Å². The minimum absolute atomic E-state index is 0.0162. The predicted octanol–water partition coefficient (Wildman–Crippen LogP) is 3.06. The number of azo groups is 1. The molecule has 0 aliphatic rings. The zero-order valence-electron chi connectivity index (χ0n) is 9.82. The molecule has 0 heterocycles. The van der Waals surface area contributed by atoms with Crippen LogP contribution in [0.4, 0.5) is 11.4 Å². The zero-order valence-corrected chi connectivity index (χ0v) is 9.82. The van der Waals surface area contributed by atoms with Crippen molar-refractivity contribution >= 4 is 17.2 Å². The zero-order chi connectivity index (χ0) is 13.7. The molecule has 0 fully saturated rings. The molecule has 0 aliphatic heterocycles. The fourth-order valence-corrected chi connectivity index (χ4v) is 1.20. The van der Waals surface area contributed by atoms with Crippen molar-refractivity contribution in [3.05, 3.63) is 45.8 Å². The van der Waals surface area contributed by atoms with Gasteiger partial charge in [-0.15, -0.1) is 10.2 Å². The van der Waals surface area contributed by atoms with E-state index >= 15 is 0 Å². The molecule has 1 N–H and O–H groups in total. The topological polar surface area (TPSA) is 105 Å². The van der Waals surface area contributed by atoms with Crippen molar-refractivity contribution in [1.82, 2.24) is 0 Å². The van der Waals surface area contributed by atoms with Crippen molar-refractivity contribution in [2.75, 3.05) is 0 Å². The van der Waals surface area contributed by atoms with Crippen molar-refractivity contribution in [3.8, 4) is 0 Å². The summed E-state index contributed by atoms with van der Waals surface area (Å²) in [6.07, 6.45) is 0. The van der Waals surface area contributed by atoms with E-state index in [4.69, 9.17) is 0 Å². The van der Waals surface area contributed by atoms with Gasteiger partial charge in [0, 0.05) is 13.0 Å². The summed E-state index contributed by atoms with van der Waals surface area (Å²) in [5.41, 5.74) is -0.435. The van der Waals surface area contributed by atoms with Gasteiger partial charge in [-0.05, 0) is 13.0 Å². The van der Waals surface area contributed by atoms with E-state index in [9.17, 15) is 20.0 Å². The first kappa shape index (κ1) is 13.5. The van der Waals surface area contributed by atoms with Gasteiger partial charge in [-0.25, -0.2) is 0 Å². The number of nitro groups is 1. The average molecular weight is 249 g/mol. The van der Waals surface area contributed by atoms with E-state index in [0.717, 1.165) is 0 Å². The fraction of sp³-hybridized carbons (Fsp3) is 0.182. The van der Waals surface area contributed by atoms with E-state index < -0.39 is 10.7 Å². The highest BCUT2D eigenvalue weighted by Gasteiger charge is 2.13. The quantitative estimate of drug-likeness (QED) is 0.291. The maximum Gasteiger partial charge on any atom is 0.296 e. The molecule has 1 rings (SSSR count). The Labute approximate surface area is 103 Å². The number of carbonyl (C=O) groups excluding carboxylic acids is 1. The van der Waals surface area contributed by atoms with Gasteiger partial charge >= 0.3 is 0 Å². The molecule has 0 saturated heterocycles. The number of nitrogens with zero attached hydrogens (tertiary/aromatic N) is 3. The number of allylic oxidation sites excluding steroid dienone is 2. The summed E-state index contributed by atoms with van der Waals surface area (Å²) in [5.74, 6) is -0.762. The number of Topliss-reactive ketones (excluding diaryl/α,β-unsaturated/α-hetero) is 1. The molecule has 7 nitrogen and oxygen atoms in total. The Morgan fingerprint density at radius 2 is 1.94 bits per heavy atom.